The zero-order valence-electron chi connectivity index (χ0n) is 18.6. The number of thiocarbonyl (C=S) groups is 1. The summed E-state index contributed by atoms with van der Waals surface area (Å²) in [6.45, 7) is 0.465. The average molecular weight is 476 g/mol. The second-order valence-electron chi connectivity index (χ2n) is 6.73. The molecular weight excluding hydrogens is 450 g/mol. The van der Waals surface area contributed by atoms with Crippen molar-refractivity contribution < 1.29 is 28.5 Å². The van der Waals surface area contributed by atoms with Crippen LogP contribution in [-0.4, -0.2) is 57.2 Å². The van der Waals surface area contributed by atoms with Crippen molar-refractivity contribution in [2.45, 2.75) is 6.42 Å². The fourth-order valence-electron chi connectivity index (χ4n) is 3.31. The minimum atomic E-state index is -0.130. The third-order valence-electron chi connectivity index (χ3n) is 4.93. The van der Waals surface area contributed by atoms with E-state index in [9.17, 15) is 4.79 Å². The van der Waals surface area contributed by atoms with Gasteiger partial charge in [0.15, 0.2) is 23.0 Å². The quantitative estimate of drug-likeness (QED) is 0.395. The Kier molecular flexibility index (Phi) is 7.87. The van der Waals surface area contributed by atoms with Crippen molar-refractivity contribution in [1.82, 2.24) is 4.90 Å². The molecule has 1 saturated heterocycles. The van der Waals surface area contributed by atoms with Gasteiger partial charge in [-0.25, -0.2) is 0 Å². The molecule has 0 atom stereocenters. The average Bonchev–Trinajstić information content (AvgIpc) is 3.08. The number of nitrogens with zero attached hydrogens (tertiary/aromatic N) is 1. The fraction of sp³-hybridized carbons (Fsp3) is 0.304. The standard InChI is InChI=1S/C23H25NO6S2/c1-26-16-7-6-14(10-17(16)27-2)8-9-24-22(25)20(32-23(24)31)13-15-11-18(28-3)21(30-5)19(12-15)29-4/h6-7,10-13H,8-9H2,1-5H3. The molecule has 1 fully saturated rings. The summed E-state index contributed by atoms with van der Waals surface area (Å²) in [5.74, 6) is 2.71. The number of hydrogen-bond acceptors (Lipinski definition) is 8. The first-order valence-corrected chi connectivity index (χ1v) is 10.9. The lowest BCUT2D eigenvalue weighted by molar-refractivity contribution is -0.122. The number of benzene rings is 2. The van der Waals surface area contributed by atoms with E-state index in [1.54, 1.807) is 58.7 Å². The molecule has 32 heavy (non-hydrogen) atoms. The van der Waals surface area contributed by atoms with Crippen molar-refractivity contribution in [3.63, 3.8) is 0 Å². The van der Waals surface area contributed by atoms with Crippen LogP contribution in [0.3, 0.4) is 0 Å². The SMILES string of the molecule is COc1ccc(CCN2C(=O)C(=Cc3cc(OC)c(OC)c(OC)c3)SC2=S)cc1OC. The Hall–Kier alpha value is -2.91. The lowest BCUT2D eigenvalue weighted by Crippen LogP contribution is -2.30. The number of carbonyl (C=O) groups excluding carboxylic acids is 1. The smallest absolute Gasteiger partial charge is 0.266 e. The van der Waals surface area contributed by atoms with Gasteiger partial charge in [0.05, 0.1) is 40.5 Å². The molecular formula is C23H25NO6S2. The van der Waals surface area contributed by atoms with Crippen molar-refractivity contribution in [3.8, 4) is 28.7 Å². The Morgan fingerprint density at radius 1 is 0.875 bits per heavy atom. The molecule has 1 aliphatic heterocycles. The summed E-state index contributed by atoms with van der Waals surface area (Å²) in [5, 5.41) is 0. The molecule has 1 aliphatic rings. The molecule has 0 aliphatic carbocycles. The zero-order valence-corrected chi connectivity index (χ0v) is 20.2. The lowest BCUT2D eigenvalue weighted by Gasteiger charge is -2.15. The number of rotatable bonds is 9. The Balaban J connectivity index is 1.78. The molecule has 3 rings (SSSR count). The van der Waals surface area contributed by atoms with E-state index in [0.29, 0.717) is 50.9 Å². The predicted octanol–water partition coefficient (Wildman–Crippen LogP) is 4.17. The first-order chi connectivity index (χ1) is 15.4. The molecule has 2 aromatic carbocycles. The molecule has 0 spiro atoms. The Morgan fingerprint density at radius 2 is 1.50 bits per heavy atom. The van der Waals surface area contributed by atoms with Crippen LogP contribution in [0.4, 0.5) is 0 Å². The molecule has 1 amide bonds. The van der Waals surface area contributed by atoms with E-state index >= 15 is 0 Å². The number of thioether (sulfide) groups is 1. The maximum atomic E-state index is 13.0. The van der Waals surface area contributed by atoms with Gasteiger partial charge in [0.2, 0.25) is 5.75 Å². The first-order valence-electron chi connectivity index (χ1n) is 9.72. The highest BCUT2D eigenvalue weighted by atomic mass is 32.2. The predicted molar refractivity (Wildman–Crippen MR) is 129 cm³/mol. The number of ether oxygens (including phenoxy) is 5. The number of hydrogen-bond donors (Lipinski definition) is 0. The van der Waals surface area contributed by atoms with Gasteiger partial charge in [0.1, 0.15) is 4.32 Å². The molecule has 0 aromatic heterocycles. The summed E-state index contributed by atoms with van der Waals surface area (Å²) in [6.07, 6.45) is 2.41. The number of carbonyl (C=O) groups is 1. The van der Waals surface area contributed by atoms with Crippen molar-refractivity contribution in [1.29, 1.82) is 0 Å². The molecule has 170 valence electrons. The largest absolute Gasteiger partial charge is 0.493 e. The van der Waals surface area contributed by atoms with Gasteiger partial charge in [-0.05, 0) is 47.9 Å². The van der Waals surface area contributed by atoms with Crippen LogP contribution in [0.5, 0.6) is 28.7 Å². The topological polar surface area (TPSA) is 66.5 Å². The van der Waals surface area contributed by atoms with E-state index in [-0.39, 0.29) is 5.91 Å². The molecule has 9 heteroatoms. The first kappa shape index (κ1) is 23.7. The molecule has 0 saturated carbocycles. The molecule has 0 N–H and O–H groups in total. The minimum absolute atomic E-state index is 0.130. The summed E-state index contributed by atoms with van der Waals surface area (Å²) in [6, 6.07) is 9.28. The highest BCUT2D eigenvalue weighted by Crippen LogP contribution is 2.40. The van der Waals surface area contributed by atoms with Crippen molar-refractivity contribution >= 4 is 40.3 Å². The van der Waals surface area contributed by atoms with Crippen LogP contribution < -0.4 is 23.7 Å². The Bertz CT molecular complexity index is 1030. The van der Waals surface area contributed by atoms with Crippen LogP contribution in [0.25, 0.3) is 6.08 Å². The summed E-state index contributed by atoms with van der Waals surface area (Å²) in [5.41, 5.74) is 1.77. The highest BCUT2D eigenvalue weighted by molar-refractivity contribution is 8.26. The van der Waals surface area contributed by atoms with Gasteiger partial charge in [-0.1, -0.05) is 30.0 Å². The van der Waals surface area contributed by atoms with E-state index in [1.165, 1.54) is 11.8 Å². The van der Waals surface area contributed by atoms with Gasteiger partial charge in [0, 0.05) is 6.54 Å². The van der Waals surface area contributed by atoms with Crippen LogP contribution >= 0.6 is 24.0 Å². The lowest BCUT2D eigenvalue weighted by atomic mass is 10.1. The normalized spacial score (nSPS) is 14.7. The van der Waals surface area contributed by atoms with E-state index in [1.807, 2.05) is 18.2 Å². The molecule has 1 heterocycles. The monoisotopic (exact) mass is 475 g/mol. The van der Waals surface area contributed by atoms with Crippen LogP contribution in [0.1, 0.15) is 11.1 Å². The second-order valence-corrected chi connectivity index (χ2v) is 8.41. The zero-order chi connectivity index (χ0) is 23.3. The number of amides is 1. The minimum Gasteiger partial charge on any atom is -0.493 e. The van der Waals surface area contributed by atoms with E-state index in [4.69, 9.17) is 35.9 Å². The third-order valence-corrected chi connectivity index (χ3v) is 6.31. The van der Waals surface area contributed by atoms with Crippen LogP contribution in [-0.2, 0) is 11.2 Å². The Labute approximate surface area is 197 Å². The van der Waals surface area contributed by atoms with E-state index < -0.39 is 0 Å². The molecule has 0 radical (unpaired) electrons. The summed E-state index contributed by atoms with van der Waals surface area (Å²) in [7, 11) is 7.84. The molecule has 0 unspecified atom stereocenters. The highest BCUT2D eigenvalue weighted by Gasteiger charge is 2.32. The Morgan fingerprint density at radius 3 is 2.06 bits per heavy atom. The molecule has 7 nitrogen and oxygen atoms in total. The van der Waals surface area contributed by atoms with Gasteiger partial charge >= 0.3 is 0 Å². The summed E-state index contributed by atoms with van der Waals surface area (Å²) >= 11 is 6.74. The second kappa shape index (κ2) is 10.6. The van der Waals surface area contributed by atoms with E-state index in [0.717, 1.165) is 11.1 Å². The molecule has 2 aromatic rings. The van der Waals surface area contributed by atoms with Crippen molar-refractivity contribution in [2.24, 2.45) is 0 Å². The van der Waals surface area contributed by atoms with Gasteiger partial charge in [-0.15, -0.1) is 0 Å². The third kappa shape index (κ3) is 4.94. The van der Waals surface area contributed by atoms with Crippen LogP contribution in [0, 0.1) is 0 Å². The van der Waals surface area contributed by atoms with E-state index in [2.05, 4.69) is 0 Å². The van der Waals surface area contributed by atoms with Gasteiger partial charge in [-0.2, -0.15) is 0 Å². The maximum absolute atomic E-state index is 13.0. The maximum Gasteiger partial charge on any atom is 0.266 e. The summed E-state index contributed by atoms with van der Waals surface area (Å²) < 4.78 is 27.3. The number of methoxy groups -OCH3 is 5. The van der Waals surface area contributed by atoms with Crippen molar-refractivity contribution in [3.05, 3.63) is 46.4 Å². The fourth-order valence-corrected chi connectivity index (χ4v) is 4.61. The van der Waals surface area contributed by atoms with Crippen LogP contribution in [0.2, 0.25) is 0 Å². The summed E-state index contributed by atoms with van der Waals surface area (Å²) in [4.78, 5) is 15.2. The van der Waals surface area contributed by atoms with Gasteiger partial charge in [0.25, 0.3) is 5.91 Å². The van der Waals surface area contributed by atoms with Gasteiger partial charge in [-0.3, -0.25) is 9.69 Å². The van der Waals surface area contributed by atoms with Crippen LogP contribution in [0.15, 0.2) is 35.2 Å². The van der Waals surface area contributed by atoms with Crippen molar-refractivity contribution in [2.75, 3.05) is 42.1 Å². The molecule has 0 bridgehead atoms. The van der Waals surface area contributed by atoms with Gasteiger partial charge < -0.3 is 23.7 Å².